The summed E-state index contributed by atoms with van der Waals surface area (Å²) in [7, 11) is 0. The van der Waals surface area contributed by atoms with Gasteiger partial charge in [0.1, 0.15) is 5.75 Å². The van der Waals surface area contributed by atoms with E-state index in [1.807, 2.05) is 0 Å². The second-order valence-electron chi connectivity index (χ2n) is 2.65. The van der Waals surface area contributed by atoms with Crippen LogP contribution in [0.15, 0.2) is 24.3 Å². The Morgan fingerprint density at radius 1 is 1.38 bits per heavy atom. The highest BCUT2D eigenvalue weighted by atomic mass is 16.6. The van der Waals surface area contributed by atoms with Crippen LogP contribution in [0.4, 0.5) is 0 Å². The van der Waals surface area contributed by atoms with E-state index >= 15 is 0 Å². The number of para-hydroxylation sites is 1. The van der Waals surface area contributed by atoms with Crippen LogP contribution in [0.25, 0.3) is 0 Å². The van der Waals surface area contributed by atoms with Gasteiger partial charge in [-0.25, -0.2) is 4.79 Å². The van der Waals surface area contributed by atoms with Gasteiger partial charge in [-0.15, -0.1) is 0 Å². The van der Waals surface area contributed by atoms with Gasteiger partial charge in [0.05, 0.1) is 5.56 Å². The van der Waals surface area contributed by atoms with E-state index in [0.717, 1.165) is 0 Å². The van der Waals surface area contributed by atoms with E-state index in [0.29, 0.717) is 5.56 Å². The largest absolute Gasteiger partial charge is 0.421 e. The van der Waals surface area contributed by atoms with E-state index in [9.17, 15) is 14.9 Å². The molecule has 0 N–H and O–H groups in total. The van der Waals surface area contributed by atoms with Gasteiger partial charge in [-0.05, 0) is 12.1 Å². The minimum Gasteiger partial charge on any atom is -0.421 e. The molecule has 1 unspecified atom stereocenters. The van der Waals surface area contributed by atoms with E-state index in [4.69, 9.17) is 4.74 Å². The van der Waals surface area contributed by atoms with Crippen LogP contribution in [0.5, 0.6) is 5.75 Å². The summed E-state index contributed by atoms with van der Waals surface area (Å²) < 4.78 is 4.70. The second-order valence-corrected chi connectivity index (χ2v) is 2.65. The fraction of sp³-hybridized carbons (Fsp3) is 0.125. The van der Waals surface area contributed by atoms with Crippen LogP contribution in [-0.2, 0) is 4.79 Å². The Hall–Kier alpha value is -1.91. The lowest BCUT2D eigenvalue weighted by atomic mass is 10.1. The van der Waals surface area contributed by atoms with E-state index in [1.54, 1.807) is 12.1 Å². The van der Waals surface area contributed by atoms with Gasteiger partial charge >= 0.3 is 12.0 Å². The van der Waals surface area contributed by atoms with Gasteiger partial charge in [-0.1, -0.05) is 12.1 Å². The minimum atomic E-state index is -1.35. The lowest BCUT2D eigenvalue weighted by Crippen LogP contribution is -2.18. The third-order valence-corrected chi connectivity index (χ3v) is 1.86. The Balaban J connectivity index is 2.52. The third-order valence-electron chi connectivity index (χ3n) is 1.86. The highest BCUT2D eigenvalue weighted by molar-refractivity contribution is 5.84. The van der Waals surface area contributed by atoms with Gasteiger partial charge in [0.15, 0.2) is 0 Å². The number of hydrogen-bond donors (Lipinski definition) is 0. The zero-order valence-electron chi connectivity index (χ0n) is 6.47. The van der Waals surface area contributed by atoms with Crippen molar-refractivity contribution in [2.75, 3.05) is 0 Å². The predicted octanol–water partition coefficient (Wildman–Crippen LogP) is 0.923. The monoisotopic (exact) mass is 179 g/mol. The first-order chi connectivity index (χ1) is 6.20. The molecule has 5 heteroatoms. The number of hydrogen-bond acceptors (Lipinski definition) is 4. The fourth-order valence-electron chi connectivity index (χ4n) is 1.29. The molecule has 5 nitrogen and oxygen atoms in total. The van der Waals surface area contributed by atoms with Crippen LogP contribution in [0.3, 0.4) is 0 Å². The molecular weight excluding hydrogens is 174 g/mol. The summed E-state index contributed by atoms with van der Waals surface area (Å²) in [5.74, 6) is -0.527. The Kier molecular flexibility index (Phi) is 1.51. The van der Waals surface area contributed by atoms with E-state index < -0.39 is 16.9 Å². The highest BCUT2D eigenvalue weighted by Gasteiger charge is 2.42. The molecule has 0 spiro atoms. The van der Waals surface area contributed by atoms with Crippen molar-refractivity contribution in [1.82, 2.24) is 0 Å². The van der Waals surface area contributed by atoms with Gasteiger partial charge in [-0.3, -0.25) is 10.1 Å². The molecule has 2 rings (SSSR count). The van der Waals surface area contributed by atoms with Gasteiger partial charge in [0.2, 0.25) is 0 Å². The molecule has 1 aliphatic rings. The number of esters is 1. The average Bonchev–Trinajstić information content (AvgIpc) is 2.39. The molecule has 66 valence electrons. The average molecular weight is 179 g/mol. The number of benzene rings is 1. The van der Waals surface area contributed by atoms with Crippen molar-refractivity contribution < 1.29 is 14.5 Å². The van der Waals surface area contributed by atoms with E-state index in [-0.39, 0.29) is 5.75 Å². The number of nitrogens with zero attached hydrogens (tertiary/aromatic N) is 1. The molecule has 0 bridgehead atoms. The summed E-state index contributed by atoms with van der Waals surface area (Å²) in [6, 6.07) is 5.01. The van der Waals surface area contributed by atoms with Gasteiger partial charge in [-0.2, -0.15) is 0 Å². The molecule has 1 heterocycles. The second kappa shape index (κ2) is 2.55. The maximum absolute atomic E-state index is 11.0. The number of rotatable bonds is 1. The molecule has 1 atom stereocenters. The zero-order valence-corrected chi connectivity index (χ0v) is 6.47. The molecule has 0 fully saturated rings. The van der Waals surface area contributed by atoms with Crippen molar-refractivity contribution in [2.24, 2.45) is 0 Å². The molecule has 1 aliphatic heterocycles. The quantitative estimate of drug-likeness (QED) is 0.278. The molecule has 0 aromatic heterocycles. The molecule has 1 aromatic carbocycles. The van der Waals surface area contributed by atoms with Crippen LogP contribution < -0.4 is 4.74 Å². The molecule has 0 radical (unpaired) electrons. The summed E-state index contributed by atoms with van der Waals surface area (Å²) in [6.07, 6.45) is 0. The Morgan fingerprint density at radius 2 is 2.08 bits per heavy atom. The molecule has 0 saturated carbocycles. The summed E-state index contributed by atoms with van der Waals surface area (Å²) in [5.41, 5.74) is 0.331. The normalized spacial score (nSPS) is 19.4. The first-order valence-electron chi connectivity index (χ1n) is 3.64. The number of nitro groups is 1. The highest BCUT2D eigenvalue weighted by Crippen LogP contribution is 2.34. The zero-order chi connectivity index (χ0) is 9.42. The number of fused-ring (bicyclic) bond motifs is 1. The summed E-state index contributed by atoms with van der Waals surface area (Å²) in [6.45, 7) is 0. The van der Waals surface area contributed by atoms with Gasteiger partial charge < -0.3 is 4.74 Å². The standard InChI is InChI=1S/C8H5NO4/c10-8-7(9(11)12)5-3-1-2-4-6(5)13-8/h1-4,7H. The van der Waals surface area contributed by atoms with Crippen LogP contribution >= 0.6 is 0 Å². The summed E-state index contributed by atoms with van der Waals surface area (Å²) in [5, 5.41) is 10.5. The molecule has 0 amide bonds. The molecule has 0 aliphatic carbocycles. The molecule has 0 saturated heterocycles. The first kappa shape index (κ1) is 7.72. The Bertz CT molecular complexity index is 387. The van der Waals surface area contributed by atoms with Crippen LogP contribution in [0, 0.1) is 10.1 Å². The topological polar surface area (TPSA) is 69.4 Å². The van der Waals surface area contributed by atoms with E-state index in [2.05, 4.69) is 0 Å². The minimum absolute atomic E-state index is 0.286. The van der Waals surface area contributed by atoms with Crippen molar-refractivity contribution in [1.29, 1.82) is 0 Å². The maximum Gasteiger partial charge on any atom is 0.392 e. The number of carbonyl (C=O) groups excluding carboxylic acids is 1. The molecule has 1 aromatic rings. The van der Waals surface area contributed by atoms with Crippen molar-refractivity contribution in [2.45, 2.75) is 6.04 Å². The first-order valence-corrected chi connectivity index (χ1v) is 3.64. The predicted molar refractivity (Wildman–Crippen MR) is 41.8 cm³/mol. The lowest BCUT2D eigenvalue weighted by Gasteiger charge is -1.95. The molecular formula is C8H5NO4. The fourth-order valence-corrected chi connectivity index (χ4v) is 1.29. The number of carbonyl (C=O) groups is 1. The van der Waals surface area contributed by atoms with Gasteiger partial charge in [0.25, 0.3) is 0 Å². The van der Waals surface area contributed by atoms with Crippen molar-refractivity contribution in [3.63, 3.8) is 0 Å². The van der Waals surface area contributed by atoms with Crippen molar-refractivity contribution >= 4 is 5.97 Å². The van der Waals surface area contributed by atoms with Crippen LogP contribution in [-0.4, -0.2) is 10.9 Å². The molecule has 13 heavy (non-hydrogen) atoms. The van der Waals surface area contributed by atoms with Crippen LogP contribution in [0.1, 0.15) is 11.6 Å². The SMILES string of the molecule is O=C1Oc2ccccc2C1[N+](=O)[O-]. The maximum atomic E-state index is 11.0. The Labute approximate surface area is 73.1 Å². The summed E-state index contributed by atoms with van der Waals surface area (Å²) >= 11 is 0. The van der Waals surface area contributed by atoms with E-state index in [1.165, 1.54) is 12.1 Å². The lowest BCUT2D eigenvalue weighted by molar-refractivity contribution is -0.513. The smallest absolute Gasteiger partial charge is 0.392 e. The van der Waals surface area contributed by atoms with Crippen molar-refractivity contribution in [3.05, 3.63) is 39.9 Å². The summed E-state index contributed by atoms with van der Waals surface area (Å²) in [4.78, 5) is 20.8. The van der Waals surface area contributed by atoms with Gasteiger partial charge in [0, 0.05) is 4.92 Å². The van der Waals surface area contributed by atoms with Crippen molar-refractivity contribution in [3.8, 4) is 5.75 Å². The third kappa shape index (κ3) is 1.05. The Morgan fingerprint density at radius 3 is 2.77 bits per heavy atom. The van der Waals surface area contributed by atoms with Crippen LogP contribution in [0.2, 0.25) is 0 Å². The number of ether oxygens (including phenoxy) is 1.